The summed E-state index contributed by atoms with van der Waals surface area (Å²) in [5, 5.41) is 38.4. The third-order valence-electron chi connectivity index (χ3n) is 12.1. The number of amides is 4. The van der Waals surface area contributed by atoms with Gasteiger partial charge in [0.05, 0.1) is 30.4 Å². The molecule has 3 aliphatic heterocycles. The Bertz CT molecular complexity index is 1610. The van der Waals surface area contributed by atoms with E-state index in [2.05, 4.69) is 21.3 Å². The second-order valence-electron chi connectivity index (χ2n) is 21.0. The Labute approximate surface area is 401 Å². The van der Waals surface area contributed by atoms with Crippen LogP contribution in [-0.2, 0) is 42.7 Å². The van der Waals surface area contributed by atoms with Crippen molar-refractivity contribution in [2.24, 2.45) is 29.4 Å². The van der Waals surface area contributed by atoms with E-state index in [-0.39, 0.29) is 57.4 Å². The Morgan fingerprint density at radius 1 is 0.836 bits per heavy atom. The van der Waals surface area contributed by atoms with Crippen LogP contribution in [0.25, 0.3) is 0 Å². The first-order valence-corrected chi connectivity index (χ1v) is 22.8. The molecule has 22 heteroatoms. The molecular weight excluding hydrogens is 870 g/mol. The summed E-state index contributed by atoms with van der Waals surface area (Å²) in [6.07, 6.45) is 1.33. The van der Waals surface area contributed by atoms with Crippen LogP contribution in [0.1, 0.15) is 137 Å². The predicted octanol–water partition coefficient (Wildman–Crippen LogP) is 3.95. The Morgan fingerprint density at radius 3 is 1.82 bits per heavy atom. The third kappa shape index (κ3) is 19.3. The van der Waals surface area contributed by atoms with Gasteiger partial charge >= 0.3 is 38.4 Å². The lowest BCUT2D eigenvalue weighted by Gasteiger charge is -2.32. The van der Waals surface area contributed by atoms with E-state index in [1.54, 1.807) is 41.5 Å². The van der Waals surface area contributed by atoms with Gasteiger partial charge in [0.25, 0.3) is 0 Å². The SMILES string of the molecule is C.C.CC(C)[C@H](N)C(=O)N[C@H]1CN[C@H](C(=O)O)[C@@H]1CCCB(O)O.COC(=O)[C@@H]1[C@H](CCCB2OC(C)(C)C(C)(C)O2)[C@@H](NC(=O)[C@@H](NC(=O)OC(C)(C)C)C(C)C)CN1C(=O)OC(C)(C)C. The van der Waals surface area contributed by atoms with Crippen LogP contribution in [0.5, 0.6) is 0 Å². The molecule has 0 saturated carbocycles. The molecule has 67 heavy (non-hydrogen) atoms. The summed E-state index contributed by atoms with van der Waals surface area (Å²) < 4.78 is 28.4. The average Bonchev–Trinajstić information content (AvgIpc) is 3.78. The van der Waals surface area contributed by atoms with Crippen LogP contribution in [0, 0.1) is 23.7 Å². The van der Waals surface area contributed by atoms with Gasteiger partial charge in [0.2, 0.25) is 11.8 Å². The van der Waals surface area contributed by atoms with Crippen molar-refractivity contribution in [2.75, 3.05) is 20.2 Å². The molecule has 0 bridgehead atoms. The van der Waals surface area contributed by atoms with E-state index in [0.29, 0.717) is 38.5 Å². The van der Waals surface area contributed by atoms with Crippen molar-refractivity contribution < 1.29 is 67.4 Å². The predicted molar refractivity (Wildman–Crippen MR) is 258 cm³/mol. The molecule has 0 aromatic carbocycles. The van der Waals surface area contributed by atoms with E-state index in [0.717, 1.165) is 0 Å². The molecule has 0 aromatic rings. The maximum atomic E-state index is 13.6. The number of likely N-dealkylation sites (tertiary alicyclic amines) is 1. The molecule has 0 aromatic heterocycles. The van der Waals surface area contributed by atoms with Crippen LogP contribution in [-0.4, -0.2) is 149 Å². The van der Waals surface area contributed by atoms with Gasteiger partial charge in [0, 0.05) is 31.0 Å². The van der Waals surface area contributed by atoms with E-state index in [9.17, 15) is 33.9 Å². The second-order valence-corrected chi connectivity index (χ2v) is 21.0. The molecule has 0 aliphatic carbocycles. The van der Waals surface area contributed by atoms with E-state index in [1.807, 2.05) is 55.4 Å². The van der Waals surface area contributed by atoms with E-state index >= 15 is 0 Å². The number of carboxylic acid groups (broad SMARTS) is 1. The Hall–Kier alpha value is -3.69. The summed E-state index contributed by atoms with van der Waals surface area (Å²) in [5.41, 5.74) is 3.31. The van der Waals surface area contributed by atoms with Crippen LogP contribution >= 0.6 is 0 Å². The van der Waals surface area contributed by atoms with Gasteiger partial charge in [-0.05, 0) is 107 Å². The molecule has 3 rings (SSSR count). The lowest BCUT2D eigenvalue weighted by Crippen LogP contribution is -2.54. The zero-order valence-corrected chi connectivity index (χ0v) is 41.4. The minimum atomic E-state index is -1.40. The molecular formula is C45H88B2N6O14. The van der Waals surface area contributed by atoms with Gasteiger partial charge in [-0.1, -0.05) is 55.4 Å². The smallest absolute Gasteiger partial charge is 0.457 e. The summed E-state index contributed by atoms with van der Waals surface area (Å²) in [6, 6.07) is -4.23. The molecule has 388 valence electrons. The first-order chi connectivity index (χ1) is 29.7. The number of alkyl carbamates (subject to hydrolysis) is 1. The van der Waals surface area contributed by atoms with E-state index < -0.39 is 103 Å². The molecule has 0 radical (unpaired) electrons. The van der Waals surface area contributed by atoms with Crippen molar-refractivity contribution in [3.8, 4) is 0 Å². The van der Waals surface area contributed by atoms with Gasteiger partial charge in [-0.15, -0.1) is 0 Å². The summed E-state index contributed by atoms with van der Waals surface area (Å²) >= 11 is 0. The third-order valence-corrected chi connectivity index (χ3v) is 12.1. The van der Waals surface area contributed by atoms with Crippen LogP contribution in [0.4, 0.5) is 9.59 Å². The first-order valence-electron chi connectivity index (χ1n) is 22.8. The number of carbonyl (C=O) groups is 6. The quantitative estimate of drug-likeness (QED) is 0.0582. The summed E-state index contributed by atoms with van der Waals surface area (Å²) in [5.74, 6) is -3.39. The van der Waals surface area contributed by atoms with E-state index in [1.165, 1.54) is 12.0 Å². The molecule has 3 saturated heterocycles. The number of methoxy groups -OCH3 is 1. The summed E-state index contributed by atoms with van der Waals surface area (Å²) in [7, 11) is -0.566. The van der Waals surface area contributed by atoms with Gasteiger partial charge in [-0.25, -0.2) is 14.4 Å². The van der Waals surface area contributed by atoms with Gasteiger partial charge in [-0.3, -0.25) is 19.3 Å². The second kappa shape index (κ2) is 26.3. The number of esters is 1. The van der Waals surface area contributed by atoms with Gasteiger partial charge in [-0.2, -0.15) is 0 Å². The number of rotatable bonds is 17. The van der Waals surface area contributed by atoms with Crippen molar-refractivity contribution in [3.63, 3.8) is 0 Å². The highest BCUT2D eigenvalue weighted by atomic mass is 16.7. The topological polar surface area (TPSA) is 287 Å². The number of nitrogens with zero attached hydrogens (tertiary/aromatic N) is 1. The van der Waals surface area contributed by atoms with Gasteiger partial charge in [0.1, 0.15) is 29.3 Å². The molecule has 9 N–H and O–H groups in total. The molecule has 0 unspecified atom stereocenters. The number of nitrogens with two attached hydrogens (primary N) is 1. The van der Waals surface area contributed by atoms with Crippen molar-refractivity contribution in [3.05, 3.63) is 0 Å². The number of hydrogen-bond acceptors (Lipinski definition) is 15. The average molecular weight is 959 g/mol. The fraction of sp³-hybridized carbons (Fsp3) is 0.867. The highest BCUT2D eigenvalue weighted by Crippen LogP contribution is 2.39. The van der Waals surface area contributed by atoms with E-state index in [4.69, 9.17) is 39.3 Å². The molecule has 0 spiro atoms. The lowest BCUT2D eigenvalue weighted by atomic mass is 9.79. The summed E-state index contributed by atoms with van der Waals surface area (Å²) in [4.78, 5) is 77.2. The molecule has 8 atom stereocenters. The van der Waals surface area contributed by atoms with Crippen LogP contribution in [0.3, 0.4) is 0 Å². The molecule has 3 fully saturated rings. The Kier molecular flexibility index (Phi) is 24.9. The Morgan fingerprint density at radius 2 is 1.36 bits per heavy atom. The molecule has 20 nitrogen and oxygen atoms in total. The number of carboxylic acids is 1. The number of ether oxygens (including phenoxy) is 3. The van der Waals surface area contributed by atoms with Crippen molar-refractivity contribution >= 4 is 50.2 Å². The molecule has 3 aliphatic rings. The number of nitrogens with one attached hydrogen (secondary N) is 4. The highest BCUT2D eigenvalue weighted by Gasteiger charge is 2.53. The highest BCUT2D eigenvalue weighted by molar-refractivity contribution is 6.45. The van der Waals surface area contributed by atoms with Crippen molar-refractivity contribution in [1.82, 2.24) is 26.2 Å². The van der Waals surface area contributed by atoms with Crippen LogP contribution in [0.15, 0.2) is 0 Å². The number of carbonyl (C=O) groups excluding carboxylic acids is 5. The monoisotopic (exact) mass is 959 g/mol. The zero-order valence-electron chi connectivity index (χ0n) is 41.4. The molecule has 4 amide bonds. The minimum absolute atomic E-state index is 0. The maximum absolute atomic E-state index is 13.6. The number of hydrogen-bond donors (Lipinski definition) is 8. The molecule has 3 heterocycles. The lowest BCUT2D eigenvalue weighted by molar-refractivity contribution is -0.147. The maximum Gasteiger partial charge on any atom is 0.457 e. The Balaban J connectivity index is 0.00000153. The minimum Gasteiger partial charge on any atom is -0.480 e. The van der Waals surface area contributed by atoms with Crippen molar-refractivity contribution in [2.45, 2.75) is 209 Å². The normalized spacial score (nSPS) is 23.9. The fourth-order valence-electron chi connectivity index (χ4n) is 7.90. The summed E-state index contributed by atoms with van der Waals surface area (Å²) in [6.45, 7) is 26.1. The first kappa shape index (κ1) is 63.3. The van der Waals surface area contributed by atoms with Gasteiger partial charge < -0.3 is 65.7 Å². The largest absolute Gasteiger partial charge is 0.480 e. The van der Waals surface area contributed by atoms with Gasteiger partial charge in [0.15, 0.2) is 0 Å². The van der Waals surface area contributed by atoms with Crippen molar-refractivity contribution in [1.29, 1.82) is 0 Å². The fourth-order valence-corrected chi connectivity index (χ4v) is 7.90. The van der Waals surface area contributed by atoms with Crippen LogP contribution < -0.4 is 27.0 Å². The number of aliphatic carboxylic acids is 1. The standard InChI is InChI=1S/C30H54BN3O9.C13H26BN3O5.2CH4/c1-18(2)21(33-25(37)40-27(3,4)5)23(35)32-20-17-34(26(38)41-28(6,7)8)22(24(36)39-13)19(20)15-14-16-31-42-29(9,10)30(11,12)43-31;1-7(2)10(15)12(18)17-9-6-16-11(13(19)20)8(9)4-3-5-14(21)22;;/h18-22H,14-17H2,1-13H3,(H,32,35)(H,33,37);7-11,16,21-22H,3-6,15H2,1-2H3,(H,17,18)(H,19,20);2*1H4/t19-,20+,21+,22+;8-,9+,10+,11+;;/m11../s1. The van der Waals surface area contributed by atoms with Crippen LogP contribution in [0.2, 0.25) is 12.6 Å². The zero-order chi connectivity index (χ0) is 50.0.